The molecular weight excluding hydrogens is 218 g/mol. The molecular formula is C13H17NO3. The van der Waals surface area contributed by atoms with Gasteiger partial charge in [0.05, 0.1) is 18.9 Å². The third kappa shape index (κ3) is 2.58. The van der Waals surface area contributed by atoms with E-state index in [2.05, 4.69) is 5.16 Å². The standard InChI is InChI=1S/C13H17NO3/c1-3-12(15)13-8-11(14-17-13)9-4-6-10(16-2)7-5-9/h4-7,12-13,15H,3,8H2,1-2H3/t12-,13-/m1/s1. The minimum absolute atomic E-state index is 0.211. The van der Waals surface area contributed by atoms with Crippen molar-refractivity contribution >= 4 is 5.71 Å². The van der Waals surface area contributed by atoms with Gasteiger partial charge in [0.15, 0.2) is 6.10 Å². The van der Waals surface area contributed by atoms with E-state index < -0.39 is 6.10 Å². The van der Waals surface area contributed by atoms with Crippen LogP contribution in [0.5, 0.6) is 5.75 Å². The van der Waals surface area contributed by atoms with Gasteiger partial charge < -0.3 is 14.7 Å². The van der Waals surface area contributed by atoms with Crippen molar-refractivity contribution < 1.29 is 14.7 Å². The van der Waals surface area contributed by atoms with Crippen molar-refractivity contribution in [3.05, 3.63) is 29.8 Å². The fourth-order valence-electron chi connectivity index (χ4n) is 1.82. The van der Waals surface area contributed by atoms with E-state index in [4.69, 9.17) is 9.57 Å². The van der Waals surface area contributed by atoms with E-state index in [1.165, 1.54) is 0 Å². The van der Waals surface area contributed by atoms with E-state index in [1.54, 1.807) is 7.11 Å². The van der Waals surface area contributed by atoms with Gasteiger partial charge in [-0.05, 0) is 36.2 Å². The zero-order valence-electron chi connectivity index (χ0n) is 10.1. The van der Waals surface area contributed by atoms with Crippen LogP contribution in [0.2, 0.25) is 0 Å². The predicted molar refractivity (Wildman–Crippen MR) is 65.3 cm³/mol. The van der Waals surface area contributed by atoms with Crippen LogP contribution in [-0.2, 0) is 4.84 Å². The van der Waals surface area contributed by atoms with E-state index in [0.717, 1.165) is 17.0 Å². The quantitative estimate of drug-likeness (QED) is 0.868. The number of benzene rings is 1. The van der Waals surface area contributed by atoms with E-state index in [9.17, 15) is 5.11 Å². The van der Waals surface area contributed by atoms with Gasteiger partial charge in [-0.3, -0.25) is 0 Å². The Kier molecular flexibility index (Phi) is 3.64. The molecule has 4 nitrogen and oxygen atoms in total. The van der Waals surface area contributed by atoms with Crippen LogP contribution in [0.25, 0.3) is 0 Å². The molecule has 1 heterocycles. The minimum atomic E-state index is -0.450. The molecule has 2 rings (SSSR count). The number of oxime groups is 1. The number of rotatable bonds is 4. The molecule has 0 bridgehead atoms. The lowest BCUT2D eigenvalue weighted by Crippen LogP contribution is -2.25. The van der Waals surface area contributed by atoms with E-state index in [-0.39, 0.29) is 6.10 Å². The summed E-state index contributed by atoms with van der Waals surface area (Å²) in [5.74, 6) is 0.818. The maximum absolute atomic E-state index is 9.69. The highest BCUT2D eigenvalue weighted by atomic mass is 16.7. The van der Waals surface area contributed by atoms with Crippen molar-refractivity contribution in [2.24, 2.45) is 5.16 Å². The van der Waals surface area contributed by atoms with Gasteiger partial charge in [0, 0.05) is 6.42 Å². The second-order valence-electron chi connectivity index (χ2n) is 4.09. The second-order valence-corrected chi connectivity index (χ2v) is 4.09. The number of ether oxygens (including phenoxy) is 1. The molecule has 0 fully saturated rings. The summed E-state index contributed by atoms with van der Waals surface area (Å²) in [4.78, 5) is 5.24. The smallest absolute Gasteiger partial charge is 0.158 e. The average Bonchev–Trinajstić information content (AvgIpc) is 2.87. The Morgan fingerprint density at radius 1 is 1.47 bits per heavy atom. The number of aliphatic hydroxyl groups is 1. The summed E-state index contributed by atoms with van der Waals surface area (Å²) in [7, 11) is 1.64. The molecule has 0 saturated heterocycles. The van der Waals surface area contributed by atoms with E-state index in [0.29, 0.717) is 12.8 Å². The van der Waals surface area contributed by atoms with Crippen LogP contribution in [0.15, 0.2) is 29.4 Å². The summed E-state index contributed by atoms with van der Waals surface area (Å²) in [6.45, 7) is 1.93. The highest BCUT2D eigenvalue weighted by molar-refractivity contribution is 6.01. The van der Waals surface area contributed by atoms with Gasteiger partial charge >= 0.3 is 0 Å². The molecule has 0 spiro atoms. The first-order valence-corrected chi connectivity index (χ1v) is 5.79. The Bertz CT molecular complexity index is 400. The van der Waals surface area contributed by atoms with Gasteiger partial charge in [-0.25, -0.2) is 0 Å². The number of hydrogen-bond acceptors (Lipinski definition) is 4. The van der Waals surface area contributed by atoms with E-state index in [1.807, 2.05) is 31.2 Å². The van der Waals surface area contributed by atoms with E-state index >= 15 is 0 Å². The first-order chi connectivity index (χ1) is 8.24. The van der Waals surface area contributed by atoms with Crippen LogP contribution in [0.4, 0.5) is 0 Å². The van der Waals surface area contributed by atoms with Crippen LogP contribution >= 0.6 is 0 Å². The molecule has 2 atom stereocenters. The zero-order valence-corrected chi connectivity index (χ0v) is 10.1. The molecule has 0 saturated carbocycles. The topological polar surface area (TPSA) is 51.0 Å². The summed E-state index contributed by atoms with van der Waals surface area (Å²) in [6.07, 6.45) is 0.670. The molecule has 1 aliphatic rings. The molecule has 1 aromatic rings. The van der Waals surface area contributed by atoms with Crippen LogP contribution in [0.3, 0.4) is 0 Å². The summed E-state index contributed by atoms with van der Waals surface area (Å²) in [6, 6.07) is 7.67. The molecule has 1 aliphatic heterocycles. The number of nitrogens with zero attached hydrogens (tertiary/aromatic N) is 1. The van der Waals surface area contributed by atoms with Crippen molar-refractivity contribution in [3.8, 4) is 5.75 Å². The first kappa shape index (κ1) is 11.9. The molecule has 17 heavy (non-hydrogen) atoms. The third-order valence-electron chi connectivity index (χ3n) is 2.96. The maximum Gasteiger partial charge on any atom is 0.158 e. The Labute approximate surface area is 101 Å². The predicted octanol–water partition coefficient (Wildman–Crippen LogP) is 1.96. The summed E-state index contributed by atoms with van der Waals surface area (Å²) in [5, 5.41) is 13.7. The van der Waals surface area contributed by atoms with Crippen molar-refractivity contribution in [1.29, 1.82) is 0 Å². The molecule has 0 aliphatic carbocycles. The van der Waals surface area contributed by atoms with Crippen molar-refractivity contribution in [1.82, 2.24) is 0 Å². The van der Waals surface area contributed by atoms with Crippen LogP contribution in [0, 0.1) is 0 Å². The summed E-state index contributed by atoms with van der Waals surface area (Å²) < 4.78 is 5.10. The van der Waals surface area contributed by atoms with Gasteiger partial charge in [0.25, 0.3) is 0 Å². The zero-order chi connectivity index (χ0) is 12.3. The van der Waals surface area contributed by atoms with Gasteiger partial charge in [-0.15, -0.1) is 0 Å². The molecule has 0 radical (unpaired) electrons. The summed E-state index contributed by atoms with van der Waals surface area (Å²) >= 11 is 0. The lowest BCUT2D eigenvalue weighted by Gasteiger charge is -2.13. The van der Waals surface area contributed by atoms with Gasteiger partial charge in [0.1, 0.15) is 5.75 Å². The van der Waals surface area contributed by atoms with Crippen LogP contribution in [0.1, 0.15) is 25.3 Å². The van der Waals surface area contributed by atoms with Gasteiger partial charge in [-0.2, -0.15) is 0 Å². The molecule has 1 aromatic carbocycles. The normalized spacial score (nSPS) is 20.6. The second kappa shape index (κ2) is 5.19. The molecule has 4 heteroatoms. The molecule has 0 aromatic heterocycles. The fraction of sp³-hybridized carbons (Fsp3) is 0.462. The molecule has 0 unspecified atom stereocenters. The van der Waals surface area contributed by atoms with Crippen LogP contribution < -0.4 is 4.74 Å². The highest BCUT2D eigenvalue weighted by Gasteiger charge is 2.27. The molecule has 1 N–H and O–H groups in total. The largest absolute Gasteiger partial charge is 0.497 e. The SMILES string of the molecule is CC[C@@H](O)[C@H]1CC(c2ccc(OC)cc2)=NO1. The number of hydrogen-bond donors (Lipinski definition) is 1. The fourth-order valence-corrected chi connectivity index (χ4v) is 1.82. The Morgan fingerprint density at radius 2 is 2.18 bits per heavy atom. The van der Waals surface area contributed by atoms with Gasteiger partial charge in [0.2, 0.25) is 0 Å². The van der Waals surface area contributed by atoms with Gasteiger partial charge in [-0.1, -0.05) is 12.1 Å². The highest BCUT2D eigenvalue weighted by Crippen LogP contribution is 2.21. The van der Waals surface area contributed by atoms with Crippen molar-refractivity contribution in [2.75, 3.05) is 7.11 Å². The average molecular weight is 235 g/mol. The Balaban J connectivity index is 2.04. The number of aliphatic hydroxyl groups excluding tert-OH is 1. The Morgan fingerprint density at radius 3 is 2.76 bits per heavy atom. The molecule has 92 valence electrons. The third-order valence-corrected chi connectivity index (χ3v) is 2.96. The summed E-state index contributed by atoms with van der Waals surface area (Å²) in [5.41, 5.74) is 1.89. The monoisotopic (exact) mass is 235 g/mol. The minimum Gasteiger partial charge on any atom is -0.497 e. The Hall–Kier alpha value is -1.55. The van der Waals surface area contributed by atoms with Crippen LogP contribution in [-0.4, -0.2) is 30.1 Å². The van der Waals surface area contributed by atoms with Crippen molar-refractivity contribution in [3.63, 3.8) is 0 Å². The molecule has 0 amide bonds. The lowest BCUT2D eigenvalue weighted by atomic mass is 10.0. The maximum atomic E-state index is 9.69. The first-order valence-electron chi connectivity index (χ1n) is 5.79. The lowest BCUT2D eigenvalue weighted by molar-refractivity contribution is -0.0182. The van der Waals surface area contributed by atoms with Crippen molar-refractivity contribution in [2.45, 2.75) is 32.0 Å². The number of methoxy groups -OCH3 is 1.